The molecule has 11 rings (SSSR count). The number of amidine groups is 1. The van der Waals surface area contributed by atoms with Gasteiger partial charge in [-0.1, -0.05) is 140 Å². The lowest BCUT2D eigenvalue weighted by Crippen LogP contribution is -2.10. The summed E-state index contributed by atoms with van der Waals surface area (Å²) in [4.78, 5) is 15.6. The second kappa shape index (κ2) is 13.7. The van der Waals surface area contributed by atoms with Crippen molar-refractivity contribution in [2.24, 2.45) is 9.98 Å². The summed E-state index contributed by atoms with van der Waals surface area (Å²) in [7, 11) is 0. The molecule has 0 atom stereocenters. The van der Waals surface area contributed by atoms with Crippen LogP contribution in [-0.4, -0.2) is 21.1 Å². The van der Waals surface area contributed by atoms with Gasteiger partial charge < -0.3 is 4.57 Å². The number of nitrogens with zero attached hydrogens (tertiary/aromatic N) is 4. The Hall–Kier alpha value is -7.43. The molecular weight excluding hydrogens is 693 g/mol. The van der Waals surface area contributed by atoms with Crippen LogP contribution in [0.25, 0.3) is 76.6 Å². The van der Waals surface area contributed by atoms with Crippen LogP contribution in [-0.2, 0) is 0 Å². The Bertz CT molecular complexity index is 3280. The maximum atomic E-state index is 5.63. The van der Waals surface area contributed by atoms with Gasteiger partial charge in [0.15, 0.2) is 5.84 Å². The van der Waals surface area contributed by atoms with Crippen LogP contribution >= 0.6 is 0 Å². The fourth-order valence-electron chi connectivity index (χ4n) is 8.76. The fourth-order valence-corrected chi connectivity index (χ4v) is 8.76. The highest BCUT2D eigenvalue weighted by atomic mass is 15.0. The average molecular weight is 729 g/mol. The summed E-state index contributed by atoms with van der Waals surface area (Å²) in [6.07, 6.45) is 7.70. The average Bonchev–Trinajstić information content (AvgIpc) is 3.61. The third kappa shape index (κ3) is 5.65. The molecule has 0 N–H and O–H groups in total. The van der Waals surface area contributed by atoms with Crippen LogP contribution in [0.1, 0.15) is 29.5 Å². The van der Waals surface area contributed by atoms with Crippen LogP contribution < -0.4 is 0 Å². The number of hydrogen-bond acceptors (Lipinski definition) is 3. The Morgan fingerprint density at radius 3 is 2.04 bits per heavy atom. The number of hydrogen-bond donors (Lipinski definition) is 0. The Morgan fingerprint density at radius 1 is 0.456 bits per heavy atom. The van der Waals surface area contributed by atoms with Gasteiger partial charge >= 0.3 is 0 Å². The molecule has 57 heavy (non-hydrogen) atoms. The first kappa shape index (κ1) is 33.0. The van der Waals surface area contributed by atoms with Crippen molar-refractivity contribution in [1.82, 2.24) is 9.55 Å². The number of benzene rings is 8. The molecule has 2 aromatic heterocycles. The summed E-state index contributed by atoms with van der Waals surface area (Å²) in [6.45, 7) is 0. The van der Waals surface area contributed by atoms with Gasteiger partial charge in [-0.25, -0.2) is 9.98 Å². The quantitative estimate of drug-likeness (QED) is 0.163. The van der Waals surface area contributed by atoms with Gasteiger partial charge in [0.05, 0.1) is 22.4 Å². The highest BCUT2D eigenvalue weighted by molar-refractivity contribution is 6.26. The molecule has 10 aromatic rings. The number of allylic oxidation sites excluding steroid dienone is 1. The summed E-state index contributed by atoms with van der Waals surface area (Å²) in [6, 6.07) is 62.8. The van der Waals surface area contributed by atoms with Gasteiger partial charge in [0, 0.05) is 50.9 Å². The van der Waals surface area contributed by atoms with E-state index in [9.17, 15) is 0 Å². The van der Waals surface area contributed by atoms with Crippen molar-refractivity contribution in [2.75, 3.05) is 0 Å². The molecule has 0 bridgehead atoms. The molecule has 0 saturated heterocycles. The zero-order valence-electron chi connectivity index (χ0n) is 31.2. The number of rotatable bonds is 5. The van der Waals surface area contributed by atoms with Crippen LogP contribution in [0, 0.1) is 0 Å². The van der Waals surface area contributed by atoms with E-state index in [1.807, 2.05) is 12.4 Å². The van der Waals surface area contributed by atoms with E-state index in [1.165, 1.54) is 43.2 Å². The van der Waals surface area contributed by atoms with Crippen LogP contribution in [0.4, 0.5) is 0 Å². The van der Waals surface area contributed by atoms with Crippen molar-refractivity contribution in [3.05, 3.63) is 211 Å². The topological polar surface area (TPSA) is 42.5 Å². The number of aliphatic imine (C=N–C) groups is 2. The van der Waals surface area contributed by atoms with Crippen LogP contribution in [0.2, 0.25) is 0 Å². The van der Waals surface area contributed by atoms with E-state index in [1.54, 1.807) is 0 Å². The molecule has 4 nitrogen and oxygen atoms in total. The van der Waals surface area contributed by atoms with E-state index < -0.39 is 0 Å². The van der Waals surface area contributed by atoms with Gasteiger partial charge in [0.1, 0.15) is 0 Å². The summed E-state index contributed by atoms with van der Waals surface area (Å²) in [5.74, 6) is 0.698. The minimum Gasteiger partial charge on any atom is -0.309 e. The third-order valence-corrected chi connectivity index (χ3v) is 11.4. The maximum absolute atomic E-state index is 5.63. The van der Waals surface area contributed by atoms with E-state index >= 15 is 0 Å². The Balaban J connectivity index is 1.16. The molecule has 4 heteroatoms. The number of aromatic nitrogens is 2. The molecule has 1 aliphatic heterocycles. The van der Waals surface area contributed by atoms with Gasteiger partial charge in [-0.05, 0) is 93.4 Å². The second-order valence-electron chi connectivity index (χ2n) is 14.7. The molecular formula is C53H36N4. The zero-order valence-corrected chi connectivity index (χ0v) is 31.2. The third-order valence-electron chi connectivity index (χ3n) is 11.4. The predicted molar refractivity (Wildman–Crippen MR) is 240 cm³/mol. The van der Waals surface area contributed by atoms with Crippen molar-refractivity contribution in [3.8, 4) is 16.8 Å². The minimum atomic E-state index is 0.698. The molecule has 0 unspecified atom stereocenters. The Labute approximate surface area is 330 Å². The molecule has 0 radical (unpaired) electrons. The van der Waals surface area contributed by atoms with Crippen molar-refractivity contribution in [1.29, 1.82) is 0 Å². The van der Waals surface area contributed by atoms with Crippen molar-refractivity contribution in [3.63, 3.8) is 0 Å². The Morgan fingerprint density at radius 2 is 1.16 bits per heavy atom. The molecule has 0 saturated carbocycles. The first-order valence-corrected chi connectivity index (χ1v) is 19.6. The summed E-state index contributed by atoms with van der Waals surface area (Å²) < 4.78 is 2.37. The van der Waals surface area contributed by atoms with Gasteiger partial charge in [-0.15, -0.1) is 0 Å². The fraction of sp³-hybridized carbons (Fsp3) is 0.0377. The lowest BCUT2D eigenvalue weighted by atomic mass is 9.91. The second-order valence-corrected chi connectivity index (χ2v) is 14.7. The van der Waals surface area contributed by atoms with E-state index in [4.69, 9.17) is 9.98 Å². The standard InChI is InChI=1S/C53H36N4/c1-3-14-35(15-4-1)36-16-11-17-37(32-36)53-55-48(44-23-12-27-51-52(44)45-22-9-10-26-50(45)57(51)39-18-5-2-6-19-39)24-13-25-49(56-53)47-33-46-40-30-31-54-34-38(40)28-29-43(46)41-20-7-8-21-42(41)47/h1-12,14-24,26-34H,13,25H2. The van der Waals surface area contributed by atoms with Crippen molar-refractivity contribution in [2.45, 2.75) is 12.8 Å². The first-order valence-electron chi connectivity index (χ1n) is 19.6. The molecule has 0 fully saturated rings. The SMILES string of the molecule is C1=C(c2cccc3c2c2ccccc2n3-c2ccccc2)N=C(c2cccc(-c3ccccc3)c2)N=C(c2cc3c4ccncc4ccc3c3ccccc23)CC1. The van der Waals surface area contributed by atoms with E-state index in [0.29, 0.717) is 5.84 Å². The molecule has 8 aromatic carbocycles. The Kier molecular flexibility index (Phi) is 7.92. The van der Waals surface area contributed by atoms with E-state index in [0.717, 1.165) is 68.7 Å². The largest absolute Gasteiger partial charge is 0.309 e. The van der Waals surface area contributed by atoms with Crippen LogP contribution in [0.5, 0.6) is 0 Å². The van der Waals surface area contributed by atoms with Gasteiger partial charge in [-0.3, -0.25) is 4.98 Å². The molecule has 3 heterocycles. The highest BCUT2D eigenvalue weighted by Gasteiger charge is 2.21. The molecule has 0 spiro atoms. The monoisotopic (exact) mass is 728 g/mol. The highest BCUT2D eigenvalue weighted by Crippen LogP contribution is 2.39. The minimum absolute atomic E-state index is 0.698. The van der Waals surface area contributed by atoms with E-state index in [2.05, 4.69) is 192 Å². The lowest BCUT2D eigenvalue weighted by molar-refractivity contribution is 1.09. The summed E-state index contributed by atoms with van der Waals surface area (Å²) in [5, 5.41) is 9.55. The number of fused-ring (bicyclic) bond motifs is 8. The van der Waals surface area contributed by atoms with Crippen LogP contribution in [0.15, 0.2) is 204 Å². The van der Waals surface area contributed by atoms with E-state index in [-0.39, 0.29) is 0 Å². The zero-order chi connectivity index (χ0) is 37.7. The lowest BCUT2D eigenvalue weighted by Gasteiger charge is -2.17. The maximum Gasteiger partial charge on any atom is 0.160 e. The molecule has 1 aliphatic rings. The normalized spacial score (nSPS) is 13.4. The van der Waals surface area contributed by atoms with Gasteiger partial charge in [-0.2, -0.15) is 0 Å². The smallest absolute Gasteiger partial charge is 0.160 e. The predicted octanol–water partition coefficient (Wildman–Crippen LogP) is 13.4. The van der Waals surface area contributed by atoms with Crippen molar-refractivity contribution < 1.29 is 0 Å². The van der Waals surface area contributed by atoms with Gasteiger partial charge in [0.2, 0.25) is 0 Å². The van der Waals surface area contributed by atoms with Gasteiger partial charge in [0.25, 0.3) is 0 Å². The number of pyridine rings is 1. The first-order chi connectivity index (χ1) is 28.3. The molecule has 0 amide bonds. The number of para-hydroxylation sites is 2. The molecule has 268 valence electrons. The summed E-state index contributed by atoms with van der Waals surface area (Å²) in [5.41, 5.74) is 10.9. The van der Waals surface area contributed by atoms with Crippen molar-refractivity contribution >= 4 is 71.4 Å². The summed E-state index contributed by atoms with van der Waals surface area (Å²) >= 11 is 0. The van der Waals surface area contributed by atoms with Crippen LogP contribution in [0.3, 0.4) is 0 Å². The molecule has 0 aliphatic carbocycles.